The minimum Gasteiger partial charge on any atom is -0.383 e. The van der Waals surface area contributed by atoms with Crippen LogP contribution in [-0.4, -0.2) is 38.3 Å². The van der Waals surface area contributed by atoms with E-state index in [2.05, 4.69) is 9.88 Å². The summed E-state index contributed by atoms with van der Waals surface area (Å²) in [5, 5.41) is 0. The molecule has 1 atom stereocenters. The summed E-state index contributed by atoms with van der Waals surface area (Å²) in [5.74, 6) is 0. The first-order valence-electron chi connectivity index (χ1n) is 5.01. The summed E-state index contributed by atoms with van der Waals surface area (Å²) in [7, 11) is 3.69. The lowest BCUT2D eigenvalue weighted by atomic mass is 10.2. The van der Waals surface area contributed by atoms with Gasteiger partial charge in [-0.2, -0.15) is 0 Å². The third-order valence-electron chi connectivity index (χ3n) is 2.29. The molecule has 15 heavy (non-hydrogen) atoms. The molecule has 0 aliphatic heterocycles. The summed E-state index contributed by atoms with van der Waals surface area (Å²) >= 11 is 0. The second-order valence-electron chi connectivity index (χ2n) is 3.76. The molecule has 4 nitrogen and oxygen atoms in total. The van der Waals surface area contributed by atoms with Crippen molar-refractivity contribution in [3.63, 3.8) is 0 Å². The van der Waals surface area contributed by atoms with Crippen LogP contribution in [0.15, 0.2) is 18.5 Å². The molecule has 0 spiro atoms. The van der Waals surface area contributed by atoms with E-state index in [-0.39, 0.29) is 6.04 Å². The van der Waals surface area contributed by atoms with Crippen molar-refractivity contribution in [2.45, 2.75) is 13.0 Å². The number of aryl methyl sites for hydroxylation is 1. The van der Waals surface area contributed by atoms with Crippen molar-refractivity contribution in [1.82, 2.24) is 4.98 Å². The van der Waals surface area contributed by atoms with Crippen molar-refractivity contribution < 1.29 is 4.74 Å². The van der Waals surface area contributed by atoms with Gasteiger partial charge in [-0.05, 0) is 18.6 Å². The number of ether oxygens (including phenoxy) is 1. The zero-order valence-electron chi connectivity index (χ0n) is 9.60. The number of pyridine rings is 1. The van der Waals surface area contributed by atoms with Gasteiger partial charge in [0, 0.05) is 44.8 Å². The molecular formula is C11H19N3O. The number of aromatic nitrogens is 1. The van der Waals surface area contributed by atoms with Gasteiger partial charge in [-0.1, -0.05) is 0 Å². The Balaban J connectivity index is 2.61. The van der Waals surface area contributed by atoms with Crippen LogP contribution >= 0.6 is 0 Å². The van der Waals surface area contributed by atoms with E-state index in [9.17, 15) is 0 Å². The maximum Gasteiger partial charge on any atom is 0.0631 e. The van der Waals surface area contributed by atoms with Crippen LogP contribution in [-0.2, 0) is 4.74 Å². The van der Waals surface area contributed by atoms with Crippen LogP contribution in [0.3, 0.4) is 0 Å². The predicted octanol–water partition coefficient (Wildman–Crippen LogP) is 0.800. The van der Waals surface area contributed by atoms with E-state index in [1.807, 2.05) is 26.2 Å². The molecule has 0 aliphatic carbocycles. The molecule has 84 valence electrons. The highest BCUT2D eigenvalue weighted by molar-refractivity contribution is 5.50. The van der Waals surface area contributed by atoms with Gasteiger partial charge in [0.25, 0.3) is 0 Å². The Bertz CT molecular complexity index is 304. The van der Waals surface area contributed by atoms with Crippen LogP contribution < -0.4 is 10.6 Å². The average molecular weight is 209 g/mol. The molecule has 0 amide bonds. The van der Waals surface area contributed by atoms with Gasteiger partial charge in [-0.25, -0.2) is 0 Å². The number of nitrogens with two attached hydrogens (primary N) is 1. The number of methoxy groups -OCH3 is 1. The summed E-state index contributed by atoms with van der Waals surface area (Å²) in [6.45, 7) is 3.40. The molecule has 0 fully saturated rings. The molecule has 0 bridgehead atoms. The van der Waals surface area contributed by atoms with Gasteiger partial charge in [-0.3, -0.25) is 4.98 Å². The highest BCUT2D eigenvalue weighted by Crippen LogP contribution is 2.16. The minimum absolute atomic E-state index is 0.0348. The monoisotopic (exact) mass is 209 g/mol. The van der Waals surface area contributed by atoms with Crippen LogP contribution in [0.1, 0.15) is 5.56 Å². The maximum atomic E-state index is 5.89. The lowest BCUT2D eigenvalue weighted by Gasteiger charge is -2.24. The summed E-state index contributed by atoms with van der Waals surface area (Å²) in [5.41, 5.74) is 8.21. The third kappa shape index (κ3) is 3.49. The zero-order chi connectivity index (χ0) is 11.3. The van der Waals surface area contributed by atoms with Crippen molar-refractivity contribution in [1.29, 1.82) is 0 Å². The first-order valence-corrected chi connectivity index (χ1v) is 5.01. The largest absolute Gasteiger partial charge is 0.383 e. The number of hydrogen-bond acceptors (Lipinski definition) is 4. The lowest BCUT2D eigenvalue weighted by Crippen LogP contribution is -2.38. The predicted molar refractivity (Wildman–Crippen MR) is 62.1 cm³/mol. The molecule has 0 aliphatic rings. The summed E-state index contributed by atoms with van der Waals surface area (Å²) < 4.78 is 5.01. The van der Waals surface area contributed by atoms with Crippen LogP contribution in [0.25, 0.3) is 0 Å². The molecule has 0 radical (unpaired) electrons. The van der Waals surface area contributed by atoms with Gasteiger partial charge in [-0.15, -0.1) is 0 Å². The van der Waals surface area contributed by atoms with E-state index in [0.29, 0.717) is 6.61 Å². The zero-order valence-corrected chi connectivity index (χ0v) is 9.60. The molecule has 1 aromatic rings. The Labute approximate surface area is 91.1 Å². The highest BCUT2D eigenvalue weighted by Gasteiger charge is 2.08. The average Bonchev–Trinajstić information content (AvgIpc) is 2.18. The molecule has 4 heteroatoms. The van der Waals surface area contributed by atoms with Crippen LogP contribution in [0.2, 0.25) is 0 Å². The molecule has 0 aromatic carbocycles. The van der Waals surface area contributed by atoms with Gasteiger partial charge in [0.05, 0.1) is 6.61 Å². The van der Waals surface area contributed by atoms with Crippen molar-refractivity contribution in [3.05, 3.63) is 24.0 Å². The Hall–Kier alpha value is -1.13. The van der Waals surface area contributed by atoms with E-state index in [1.54, 1.807) is 13.3 Å². The number of likely N-dealkylation sites (N-methyl/N-ethyl adjacent to an activating group) is 1. The Morgan fingerprint density at radius 3 is 2.93 bits per heavy atom. The van der Waals surface area contributed by atoms with Crippen molar-refractivity contribution >= 4 is 5.69 Å². The molecule has 1 unspecified atom stereocenters. The fourth-order valence-electron chi connectivity index (χ4n) is 1.61. The minimum atomic E-state index is 0.0348. The van der Waals surface area contributed by atoms with E-state index >= 15 is 0 Å². The third-order valence-corrected chi connectivity index (χ3v) is 2.29. The molecule has 0 saturated heterocycles. The topological polar surface area (TPSA) is 51.4 Å². The summed E-state index contributed by atoms with van der Waals surface area (Å²) in [4.78, 5) is 6.19. The number of hydrogen-bond donors (Lipinski definition) is 1. The number of anilines is 1. The lowest BCUT2D eigenvalue weighted by molar-refractivity contribution is 0.181. The summed E-state index contributed by atoms with van der Waals surface area (Å²) in [6, 6.07) is 2.03. The second kappa shape index (κ2) is 5.68. The first kappa shape index (κ1) is 11.9. The van der Waals surface area contributed by atoms with Gasteiger partial charge in [0.1, 0.15) is 0 Å². The maximum absolute atomic E-state index is 5.89. The van der Waals surface area contributed by atoms with E-state index in [4.69, 9.17) is 10.5 Å². The van der Waals surface area contributed by atoms with Crippen LogP contribution in [0.4, 0.5) is 5.69 Å². The first-order chi connectivity index (χ1) is 7.15. The standard InChI is InChI=1S/C11H19N3O/c1-9-6-13-5-4-11(9)14(2)7-10(12)8-15-3/h4-6,10H,7-8,12H2,1-3H3. The van der Waals surface area contributed by atoms with Crippen molar-refractivity contribution in [3.8, 4) is 0 Å². The molecular weight excluding hydrogens is 190 g/mol. The SMILES string of the molecule is COCC(N)CN(C)c1ccncc1C. The Kier molecular flexibility index (Phi) is 4.52. The second-order valence-corrected chi connectivity index (χ2v) is 3.76. The van der Waals surface area contributed by atoms with E-state index in [1.165, 1.54) is 0 Å². The van der Waals surface area contributed by atoms with Gasteiger partial charge < -0.3 is 15.4 Å². The normalized spacial score (nSPS) is 12.5. The Morgan fingerprint density at radius 1 is 1.60 bits per heavy atom. The van der Waals surface area contributed by atoms with E-state index in [0.717, 1.165) is 17.8 Å². The Morgan fingerprint density at radius 2 is 2.33 bits per heavy atom. The smallest absolute Gasteiger partial charge is 0.0631 e. The number of rotatable bonds is 5. The molecule has 1 heterocycles. The van der Waals surface area contributed by atoms with Crippen molar-refractivity contribution in [2.24, 2.45) is 5.73 Å². The van der Waals surface area contributed by atoms with Crippen LogP contribution in [0.5, 0.6) is 0 Å². The molecule has 2 N–H and O–H groups in total. The summed E-state index contributed by atoms with van der Waals surface area (Å²) in [6.07, 6.45) is 3.65. The molecule has 1 rings (SSSR count). The van der Waals surface area contributed by atoms with E-state index < -0.39 is 0 Å². The quantitative estimate of drug-likeness (QED) is 0.779. The van der Waals surface area contributed by atoms with Crippen LogP contribution in [0, 0.1) is 6.92 Å². The van der Waals surface area contributed by atoms with Gasteiger partial charge in [0.15, 0.2) is 0 Å². The van der Waals surface area contributed by atoms with Gasteiger partial charge in [0.2, 0.25) is 0 Å². The molecule has 0 saturated carbocycles. The number of nitrogens with zero attached hydrogens (tertiary/aromatic N) is 2. The fourth-order valence-corrected chi connectivity index (χ4v) is 1.61. The molecule has 1 aromatic heterocycles. The fraction of sp³-hybridized carbons (Fsp3) is 0.545. The highest BCUT2D eigenvalue weighted by atomic mass is 16.5. The van der Waals surface area contributed by atoms with Gasteiger partial charge >= 0.3 is 0 Å². The van der Waals surface area contributed by atoms with Crippen molar-refractivity contribution in [2.75, 3.05) is 32.2 Å².